The Morgan fingerprint density at radius 1 is 1.24 bits per heavy atom. The molecular formula is C22H27F2N5O4S. The highest BCUT2D eigenvalue weighted by molar-refractivity contribution is 8.03. The first-order valence-electron chi connectivity index (χ1n) is 10.8. The van der Waals surface area contributed by atoms with Gasteiger partial charge in [0.15, 0.2) is 0 Å². The summed E-state index contributed by atoms with van der Waals surface area (Å²) in [7, 11) is 1.55. The lowest BCUT2D eigenvalue weighted by atomic mass is 10.1. The molecule has 1 aromatic heterocycles. The molecule has 0 aliphatic carbocycles. The summed E-state index contributed by atoms with van der Waals surface area (Å²) in [5, 5.41) is 15.5. The maximum Gasteiger partial charge on any atom is 0.332 e. The molecule has 2 aliphatic heterocycles. The second-order valence-electron chi connectivity index (χ2n) is 8.28. The molecule has 0 saturated carbocycles. The van der Waals surface area contributed by atoms with Crippen LogP contribution in [0.2, 0.25) is 0 Å². The monoisotopic (exact) mass is 495 g/mol. The van der Waals surface area contributed by atoms with Crippen LogP contribution in [0.25, 0.3) is 0 Å². The third-order valence-electron chi connectivity index (χ3n) is 5.67. The van der Waals surface area contributed by atoms with Crippen LogP contribution in [0.1, 0.15) is 25.8 Å². The van der Waals surface area contributed by atoms with Crippen LogP contribution in [0.5, 0.6) is 5.75 Å². The summed E-state index contributed by atoms with van der Waals surface area (Å²) in [6.45, 7) is 3.09. The van der Waals surface area contributed by atoms with Gasteiger partial charge in [-0.1, -0.05) is 0 Å². The van der Waals surface area contributed by atoms with Crippen LogP contribution in [-0.4, -0.2) is 39.1 Å². The van der Waals surface area contributed by atoms with Gasteiger partial charge in [-0.25, -0.2) is 13.6 Å². The van der Waals surface area contributed by atoms with Gasteiger partial charge in [0.1, 0.15) is 17.3 Å². The second kappa shape index (κ2) is 9.34. The number of nitrogens with zero attached hydrogens (tertiary/aromatic N) is 3. The van der Waals surface area contributed by atoms with Gasteiger partial charge in [0.2, 0.25) is 0 Å². The molecule has 0 radical (unpaired) electrons. The van der Waals surface area contributed by atoms with Crippen LogP contribution in [-0.2, 0) is 19.5 Å². The zero-order chi connectivity index (χ0) is 24.6. The smallest absolute Gasteiger partial charge is 0.332 e. The van der Waals surface area contributed by atoms with Gasteiger partial charge in [-0.2, -0.15) is 0 Å². The summed E-state index contributed by atoms with van der Waals surface area (Å²) in [4.78, 5) is 29.0. The minimum atomic E-state index is -2.97. The van der Waals surface area contributed by atoms with Crippen molar-refractivity contribution < 1.29 is 18.6 Å². The van der Waals surface area contributed by atoms with Crippen molar-refractivity contribution in [2.45, 2.75) is 44.5 Å². The number of allylic oxidation sites excluding steroid dienone is 1. The highest BCUT2D eigenvalue weighted by Gasteiger charge is 2.38. The summed E-state index contributed by atoms with van der Waals surface area (Å²) in [5.74, 6) is -2.33. The lowest BCUT2D eigenvalue weighted by molar-refractivity contribution is 0.0174. The molecule has 0 amide bonds. The Morgan fingerprint density at radius 3 is 2.53 bits per heavy atom. The van der Waals surface area contributed by atoms with Crippen LogP contribution in [0, 0.1) is 0 Å². The Morgan fingerprint density at radius 2 is 1.94 bits per heavy atom. The fourth-order valence-electron chi connectivity index (χ4n) is 3.92. The van der Waals surface area contributed by atoms with Crippen molar-refractivity contribution >= 4 is 23.3 Å². The molecule has 184 valence electrons. The average molecular weight is 496 g/mol. The molecule has 2 aromatic rings. The Bertz CT molecular complexity index is 1210. The van der Waals surface area contributed by atoms with Crippen LogP contribution in [0.4, 0.5) is 20.3 Å². The predicted octanol–water partition coefficient (Wildman–Crippen LogP) is 2.16. The number of fused-ring (bicyclic) bond motifs is 1. The predicted molar refractivity (Wildman–Crippen MR) is 127 cm³/mol. The highest BCUT2D eigenvalue weighted by Crippen LogP contribution is 2.35. The summed E-state index contributed by atoms with van der Waals surface area (Å²) in [6.07, 6.45) is 1.30. The topological polar surface area (TPSA) is 101 Å². The number of hydrogen-bond donors (Lipinski definition) is 3. The van der Waals surface area contributed by atoms with Crippen molar-refractivity contribution in [1.82, 2.24) is 14.5 Å². The quantitative estimate of drug-likeness (QED) is 0.512. The van der Waals surface area contributed by atoms with Gasteiger partial charge < -0.3 is 25.4 Å². The molecule has 3 N–H and O–H groups in total. The van der Waals surface area contributed by atoms with Crippen LogP contribution < -0.4 is 31.5 Å². The maximum atomic E-state index is 13.6. The van der Waals surface area contributed by atoms with E-state index in [1.165, 1.54) is 28.8 Å². The molecule has 2 atom stereocenters. The first-order valence-corrected chi connectivity index (χ1v) is 11.7. The minimum absolute atomic E-state index is 0.0671. The van der Waals surface area contributed by atoms with E-state index >= 15 is 0 Å². The number of benzene rings is 1. The molecule has 4 rings (SSSR count). The van der Waals surface area contributed by atoms with Gasteiger partial charge in [-0.15, -0.1) is 11.8 Å². The molecule has 34 heavy (non-hydrogen) atoms. The zero-order valence-corrected chi connectivity index (χ0v) is 19.9. The van der Waals surface area contributed by atoms with Crippen molar-refractivity contribution in [2.75, 3.05) is 23.4 Å². The number of thioether (sulfide) groups is 1. The molecule has 0 spiro atoms. The number of anilines is 2. The standard InChI is InChI=1S/C22H27F2N5O4S/c1-13-11-25-16(34-13)12-29-17-18(27(3)21(32)28(19(17)31)9-4-10-30)26-20(29)33-15-7-5-14(6-8-15)22(2,23)24/h5-8,11,16,20,25-26,30H,4,9-10,12H2,1-3H3. The normalized spacial score (nSPS) is 19.5. The van der Waals surface area contributed by atoms with E-state index in [2.05, 4.69) is 10.6 Å². The number of aliphatic hydroxyl groups excluding tert-OH is 1. The van der Waals surface area contributed by atoms with E-state index in [4.69, 9.17) is 4.74 Å². The molecule has 3 heterocycles. The van der Waals surface area contributed by atoms with Crippen molar-refractivity contribution in [3.8, 4) is 5.75 Å². The van der Waals surface area contributed by atoms with Gasteiger partial charge in [-0.05, 0) is 42.5 Å². The summed E-state index contributed by atoms with van der Waals surface area (Å²) in [6, 6.07) is 5.48. The third-order valence-corrected chi connectivity index (χ3v) is 6.73. The fourth-order valence-corrected chi connectivity index (χ4v) is 4.88. The molecule has 0 bridgehead atoms. The Labute approximate surface area is 199 Å². The van der Waals surface area contributed by atoms with Gasteiger partial charge in [0, 0.05) is 38.9 Å². The highest BCUT2D eigenvalue weighted by atomic mass is 32.2. The SMILES string of the molecule is CC1=CNC(CN2c3c(n(C)c(=O)n(CCCO)c3=O)NC2Oc2ccc(C(C)(F)F)cc2)S1. The molecule has 9 nitrogen and oxygen atoms in total. The lowest BCUT2D eigenvalue weighted by Gasteiger charge is -2.29. The number of ether oxygens (including phenoxy) is 1. The van der Waals surface area contributed by atoms with Crippen molar-refractivity contribution in [2.24, 2.45) is 7.05 Å². The molecule has 2 unspecified atom stereocenters. The molecule has 12 heteroatoms. The van der Waals surface area contributed by atoms with Gasteiger partial charge in [-0.3, -0.25) is 13.9 Å². The first-order chi connectivity index (χ1) is 16.1. The molecule has 1 aromatic carbocycles. The number of hydrogen-bond acceptors (Lipinski definition) is 8. The number of halogens is 2. The summed E-state index contributed by atoms with van der Waals surface area (Å²) in [5.41, 5.74) is -0.861. The van der Waals surface area contributed by atoms with Crippen LogP contribution in [0.3, 0.4) is 0 Å². The third kappa shape index (κ3) is 4.64. The van der Waals surface area contributed by atoms with E-state index in [9.17, 15) is 23.5 Å². The van der Waals surface area contributed by atoms with Gasteiger partial charge in [0.05, 0.1) is 11.9 Å². The van der Waals surface area contributed by atoms with E-state index in [0.717, 1.165) is 16.4 Å². The molecule has 0 saturated heterocycles. The number of rotatable bonds is 8. The summed E-state index contributed by atoms with van der Waals surface area (Å²) < 4.78 is 35.7. The number of aliphatic hydroxyl groups is 1. The maximum absolute atomic E-state index is 13.6. The molecular weight excluding hydrogens is 468 g/mol. The number of alkyl halides is 2. The molecule has 2 aliphatic rings. The van der Waals surface area contributed by atoms with Gasteiger partial charge >= 0.3 is 5.69 Å². The van der Waals surface area contributed by atoms with Crippen molar-refractivity contribution in [3.05, 3.63) is 61.8 Å². The van der Waals surface area contributed by atoms with Gasteiger partial charge in [0.25, 0.3) is 17.8 Å². The van der Waals surface area contributed by atoms with E-state index in [-0.39, 0.29) is 36.2 Å². The first kappa shape index (κ1) is 24.1. The largest absolute Gasteiger partial charge is 0.452 e. The fraction of sp³-hybridized carbons (Fsp3) is 0.455. The summed E-state index contributed by atoms with van der Waals surface area (Å²) >= 11 is 1.60. The number of nitrogens with one attached hydrogen (secondary N) is 2. The second-order valence-corrected chi connectivity index (χ2v) is 9.73. The Hall–Kier alpha value is -2.99. The number of aromatic nitrogens is 2. The lowest BCUT2D eigenvalue weighted by Crippen LogP contribution is -2.47. The Balaban J connectivity index is 1.69. The van der Waals surface area contributed by atoms with E-state index in [1.807, 2.05) is 13.1 Å². The van der Waals surface area contributed by atoms with E-state index in [0.29, 0.717) is 18.1 Å². The van der Waals surface area contributed by atoms with Crippen LogP contribution >= 0.6 is 11.8 Å². The minimum Gasteiger partial charge on any atom is -0.452 e. The zero-order valence-electron chi connectivity index (χ0n) is 19.0. The average Bonchev–Trinajstić information content (AvgIpc) is 3.36. The Kier molecular flexibility index (Phi) is 6.63. The van der Waals surface area contributed by atoms with E-state index < -0.39 is 23.5 Å². The van der Waals surface area contributed by atoms with Crippen LogP contribution in [0.15, 0.2) is 45.0 Å². The van der Waals surface area contributed by atoms with Crippen molar-refractivity contribution in [3.63, 3.8) is 0 Å². The molecule has 0 fully saturated rings. The van der Waals surface area contributed by atoms with E-state index in [1.54, 1.807) is 23.7 Å². The van der Waals surface area contributed by atoms with Crippen molar-refractivity contribution in [1.29, 1.82) is 0 Å².